The Labute approximate surface area is 219 Å². The number of aliphatic hydroxyl groups is 1. The van der Waals surface area contributed by atoms with Crippen LogP contribution in [0.2, 0.25) is 5.04 Å². The van der Waals surface area contributed by atoms with Crippen LogP contribution in [0.3, 0.4) is 0 Å². The lowest BCUT2D eigenvalue weighted by Crippen LogP contribution is -2.67. The molecule has 0 bridgehead atoms. The molecular weight excluding hydrogens is 538 g/mol. The Morgan fingerprint density at radius 2 is 1.64 bits per heavy atom. The van der Waals surface area contributed by atoms with Crippen LogP contribution in [0.1, 0.15) is 27.0 Å². The second-order valence-corrected chi connectivity index (χ2v) is 15.4. The average Bonchev–Trinajstić information content (AvgIpc) is 3.42. The van der Waals surface area contributed by atoms with Gasteiger partial charge in [0.15, 0.2) is 17.7 Å². The molecule has 0 aliphatic carbocycles. The highest BCUT2D eigenvalue weighted by atomic mass is 79.9. The van der Waals surface area contributed by atoms with Crippen molar-refractivity contribution >= 4 is 51.6 Å². The molecule has 1 fully saturated rings. The first-order chi connectivity index (χ1) is 17.2. The van der Waals surface area contributed by atoms with E-state index in [0.717, 1.165) is 0 Å². The molecule has 1 aliphatic heterocycles. The molecule has 1 saturated heterocycles. The van der Waals surface area contributed by atoms with Crippen LogP contribution in [-0.2, 0) is 9.16 Å². The number of imidazole rings is 1. The first-order valence-electron chi connectivity index (χ1n) is 11.9. The highest BCUT2D eigenvalue weighted by Crippen LogP contribution is 2.40. The summed E-state index contributed by atoms with van der Waals surface area (Å²) in [4.78, 5) is 12.3. The minimum atomic E-state index is -2.75. The molecule has 2 aromatic carbocycles. The Bertz CT molecular complexity index is 1290. The van der Waals surface area contributed by atoms with E-state index in [2.05, 4.69) is 100 Å². The first kappa shape index (κ1) is 25.0. The summed E-state index contributed by atoms with van der Waals surface area (Å²) in [7, 11) is -2.75. The Morgan fingerprint density at radius 1 is 1.03 bits per heavy atom. The summed E-state index contributed by atoms with van der Waals surface area (Å²) in [5.41, 5.74) is 6.94. The van der Waals surface area contributed by atoms with Crippen LogP contribution in [0.5, 0.6) is 0 Å². The van der Waals surface area contributed by atoms with Crippen LogP contribution < -0.4 is 16.1 Å². The van der Waals surface area contributed by atoms with Crippen molar-refractivity contribution in [2.45, 2.75) is 49.1 Å². The molecule has 0 saturated carbocycles. The molecule has 3 heterocycles. The number of aromatic nitrogens is 4. The molecule has 188 valence electrons. The van der Waals surface area contributed by atoms with Gasteiger partial charge in [-0.1, -0.05) is 97.4 Å². The number of nitrogens with zero attached hydrogens (tertiary/aromatic N) is 4. The van der Waals surface area contributed by atoms with Gasteiger partial charge in [-0.25, -0.2) is 15.0 Å². The lowest BCUT2D eigenvalue weighted by atomic mass is 10.2. The average molecular weight is 569 g/mol. The molecular formula is C26H30BrN5O3Si. The van der Waals surface area contributed by atoms with Gasteiger partial charge in [0.2, 0.25) is 0 Å². The number of fused-ring (bicyclic) bond motifs is 1. The van der Waals surface area contributed by atoms with Crippen LogP contribution in [0.25, 0.3) is 11.2 Å². The normalized spacial score (nSPS) is 22.8. The SMILES string of the molecule is CC(C)(C)[Si](OC[C@H]1O[C@@H](n2cnc3c(N)ncnc32)C(O)[C@H]1Br)(c1ccccc1)c1ccccc1. The standard InChI is InChI=1S/C26H30BrN5O3Si/c1-26(2,3)36(17-10-6-4-7-11-17,18-12-8-5-9-13-18)34-14-19-20(27)22(33)25(35-19)32-16-31-21-23(28)29-15-30-24(21)32/h4-13,15-16,19-20,22,25,33H,14H2,1-3H3,(H2,28,29,30)/t19-,20+,22?,25-/m1/s1. The summed E-state index contributed by atoms with van der Waals surface area (Å²) in [6.07, 6.45) is 1.03. The fourth-order valence-electron chi connectivity index (χ4n) is 5.10. The molecule has 5 rings (SSSR count). The van der Waals surface area contributed by atoms with Gasteiger partial charge in [-0.05, 0) is 15.4 Å². The molecule has 1 unspecified atom stereocenters. The molecule has 8 nitrogen and oxygen atoms in total. The fourth-order valence-corrected chi connectivity index (χ4v) is 10.2. The maximum Gasteiger partial charge on any atom is 0.261 e. The Kier molecular flexibility index (Phi) is 6.73. The number of hydrogen-bond donors (Lipinski definition) is 2. The predicted molar refractivity (Wildman–Crippen MR) is 146 cm³/mol. The fraction of sp³-hybridized carbons (Fsp3) is 0.346. The topological polar surface area (TPSA) is 108 Å². The number of aliphatic hydroxyl groups excluding tert-OH is 1. The van der Waals surface area contributed by atoms with Crippen LogP contribution in [0, 0.1) is 0 Å². The molecule has 0 amide bonds. The molecule has 0 radical (unpaired) electrons. The van der Waals surface area contributed by atoms with E-state index in [0.29, 0.717) is 17.8 Å². The highest BCUT2D eigenvalue weighted by Gasteiger charge is 2.52. The minimum Gasteiger partial charge on any atom is -0.405 e. The Morgan fingerprint density at radius 3 is 2.22 bits per heavy atom. The summed E-state index contributed by atoms with van der Waals surface area (Å²) in [6.45, 7) is 7.01. The van der Waals surface area contributed by atoms with E-state index in [1.165, 1.54) is 16.7 Å². The van der Waals surface area contributed by atoms with E-state index in [9.17, 15) is 5.11 Å². The molecule has 10 heteroatoms. The van der Waals surface area contributed by atoms with E-state index < -0.39 is 26.8 Å². The van der Waals surface area contributed by atoms with Crippen molar-refractivity contribution in [2.24, 2.45) is 0 Å². The number of nitrogen functional groups attached to an aromatic ring is 1. The molecule has 4 atom stereocenters. The van der Waals surface area contributed by atoms with Crippen molar-refractivity contribution in [1.82, 2.24) is 19.5 Å². The van der Waals surface area contributed by atoms with Gasteiger partial charge in [0, 0.05) is 0 Å². The van der Waals surface area contributed by atoms with Crippen molar-refractivity contribution in [2.75, 3.05) is 12.3 Å². The Hall–Kier alpha value is -2.63. The quantitative estimate of drug-likeness (QED) is 0.272. The third-order valence-electron chi connectivity index (χ3n) is 6.83. The van der Waals surface area contributed by atoms with Gasteiger partial charge in [-0.2, -0.15) is 0 Å². The van der Waals surface area contributed by atoms with Crippen molar-refractivity contribution in [1.29, 1.82) is 0 Å². The summed E-state index contributed by atoms with van der Waals surface area (Å²) in [5.74, 6) is 0.285. The van der Waals surface area contributed by atoms with Gasteiger partial charge < -0.3 is 20.0 Å². The van der Waals surface area contributed by atoms with Crippen molar-refractivity contribution < 1.29 is 14.3 Å². The van der Waals surface area contributed by atoms with Gasteiger partial charge in [-0.15, -0.1) is 0 Å². The zero-order valence-electron chi connectivity index (χ0n) is 20.5. The summed E-state index contributed by atoms with van der Waals surface area (Å²) < 4.78 is 15.1. The first-order valence-corrected chi connectivity index (χ1v) is 14.7. The van der Waals surface area contributed by atoms with Crippen LogP contribution in [-0.4, -0.2) is 56.6 Å². The number of hydrogen-bond acceptors (Lipinski definition) is 7. The molecule has 1 aliphatic rings. The van der Waals surface area contributed by atoms with Crippen molar-refractivity contribution in [3.05, 3.63) is 73.3 Å². The summed E-state index contributed by atoms with van der Waals surface area (Å²) in [5, 5.41) is 13.3. The molecule has 3 N–H and O–H groups in total. The van der Waals surface area contributed by atoms with E-state index in [1.807, 2.05) is 12.1 Å². The third-order valence-corrected chi connectivity index (χ3v) is 13.0. The predicted octanol–water partition coefficient (Wildman–Crippen LogP) is 3.01. The largest absolute Gasteiger partial charge is 0.405 e. The Balaban J connectivity index is 1.48. The number of ether oxygens (including phenoxy) is 1. The molecule has 0 spiro atoms. The minimum absolute atomic E-state index is 0.164. The molecule has 2 aromatic heterocycles. The monoisotopic (exact) mass is 567 g/mol. The van der Waals surface area contributed by atoms with E-state index in [1.54, 1.807) is 10.9 Å². The number of nitrogens with two attached hydrogens (primary N) is 1. The lowest BCUT2D eigenvalue weighted by Gasteiger charge is -2.43. The number of anilines is 1. The second-order valence-electron chi connectivity index (χ2n) is 10.1. The van der Waals surface area contributed by atoms with Crippen LogP contribution in [0.4, 0.5) is 5.82 Å². The van der Waals surface area contributed by atoms with Crippen LogP contribution in [0.15, 0.2) is 73.3 Å². The summed E-state index contributed by atoms with van der Waals surface area (Å²) >= 11 is 3.67. The smallest absolute Gasteiger partial charge is 0.261 e. The lowest BCUT2D eigenvalue weighted by molar-refractivity contribution is -0.0467. The molecule has 36 heavy (non-hydrogen) atoms. The van der Waals surface area contributed by atoms with Gasteiger partial charge in [0.05, 0.1) is 23.9 Å². The van der Waals surface area contributed by atoms with Gasteiger partial charge in [0.1, 0.15) is 17.9 Å². The maximum absolute atomic E-state index is 11.1. The van der Waals surface area contributed by atoms with E-state index >= 15 is 0 Å². The number of rotatable bonds is 6. The van der Waals surface area contributed by atoms with Gasteiger partial charge in [-0.3, -0.25) is 4.57 Å². The third kappa shape index (κ3) is 4.16. The van der Waals surface area contributed by atoms with Gasteiger partial charge in [0.25, 0.3) is 8.32 Å². The number of halogens is 1. The van der Waals surface area contributed by atoms with Crippen molar-refractivity contribution in [3.63, 3.8) is 0 Å². The second kappa shape index (κ2) is 9.68. The number of alkyl halides is 1. The zero-order valence-corrected chi connectivity index (χ0v) is 23.0. The zero-order chi connectivity index (χ0) is 25.5. The van der Waals surface area contributed by atoms with Crippen molar-refractivity contribution in [3.8, 4) is 0 Å². The van der Waals surface area contributed by atoms with E-state index in [-0.39, 0.29) is 15.7 Å². The van der Waals surface area contributed by atoms with Gasteiger partial charge >= 0.3 is 0 Å². The van der Waals surface area contributed by atoms with E-state index in [4.69, 9.17) is 14.9 Å². The molecule has 4 aromatic rings. The number of benzene rings is 2. The summed E-state index contributed by atoms with van der Waals surface area (Å²) in [6, 6.07) is 20.9. The maximum atomic E-state index is 11.1. The van der Waals surface area contributed by atoms with Crippen LogP contribution >= 0.6 is 15.9 Å². The highest BCUT2D eigenvalue weighted by molar-refractivity contribution is 9.09.